The van der Waals surface area contributed by atoms with Crippen LogP contribution in [-0.4, -0.2) is 22.7 Å². The average molecular weight is 418 g/mol. The minimum absolute atomic E-state index is 0.354. The standard InChI is InChI=1S/C8H9BrN2O2.C5H5BrN2/c1-2-13-8(12)11-7-3-6(9)4-10-5-7;6-4-1-5(7)3-8-2-4/h3-5H,2H2,1H3,(H,11,12);1-3H,7H2. The first kappa shape index (κ1) is 17.4. The van der Waals surface area contributed by atoms with Gasteiger partial charge in [-0.2, -0.15) is 0 Å². The van der Waals surface area contributed by atoms with Crippen LogP contribution in [0.4, 0.5) is 16.2 Å². The van der Waals surface area contributed by atoms with Crippen molar-refractivity contribution < 1.29 is 9.53 Å². The second kappa shape index (κ2) is 9.30. The SMILES string of the molecule is CCOC(=O)Nc1cncc(Br)c1.Nc1cncc(Br)c1. The largest absolute Gasteiger partial charge is 0.450 e. The molecule has 2 aromatic rings. The lowest BCUT2D eigenvalue weighted by molar-refractivity contribution is 0.168. The predicted molar refractivity (Wildman–Crippen MR) is 88.9 cm³/mol. The molecule has 0 aliphatic rings. The van der Waals surface area contributed by atoms with Crippen LogP contribution in [0, 0.1) is 0 Å². The number of pyridine rings is 2. The zero-order valence-corrected chi connectivity index (χ0v) is 14.4. The zero-order valence-electron chi connectivity index (χ0n) is 11.2. The number of anilines is 2. The number of nitrogen functional groups attached to an aromatic ring is 1. The third-order valence-electron chi connectivity index (χ3n) is 1.95. The molecule has 0 spiro atoms. The third kappa shape index (κ3) is 7.62. The summed E-state index contributed by atoms with van der Waals surface area (Å²) in [7, 11) is 0. The van der Waals surface area contributed by atoms with Gasteiger partial charge >= 0.3 is 6.09 Å². The van der Waals surface area contributed by atoms with Gasteiger partial charge in [0, 0.05) is 27.5 Å². The number of nitrogens with one attached hydrogen (secondary N) is 1. The molecule has 2 aromatic heterocycles. The lowest BCUT2D eigenvalue weighted by Crippen LogP contribution is -2.13. The number of nitrogens with zero attached hydrogens (tertiary/aromatic N) is 2. The van der Waals surface area contributed by atoms with Crippen molar-refractivity contribution in [2.45, 2.75) is 6.92 Å². The maximum Gasteiger partial charge on any atom is 0.411 e. The lowest BCUT2D eigenvalue weighted by Gasteiger charge is -2.04. The topological polar surface area (TPSA) is 90.1 Å². The van der Waals surface area contributed by atoms with Gasteiger partial charge in [0.1, 0.15) is 0 Å². The van der Waals surface area contributed by atoms with E-state index in [0.29, 0.717) is 18.0 Å². The number of amides is 1. The van der Waals surface area contributed by atoms with Crippen molar-refractivity contribution in [3.63, 3.8) is 0 Å². The summed E-state index contributed by atoms with van der Waals surface area (Å²) in [4.78, 5) is 18.6. The van der Waals surface area contributed by atoms with Gasteiger partial charge in [0.15, 0.2) is 0 Å². The van der Waals surface area contributed by atoms with E-state index in [4.69, 9.17) is 10.5 Å². The Kier molecular flexibility index (Phi) is 7.70. The predicted octanol–water partition coefficient (Wildman–Crippen LogP) is 3.84. The number of carbonyl (C=O) groups is 1. The van der Waals surface area contributed by atoms with Crippen LogP contribution >= 0.6 is 31.9 Å². The summed E-state index contributed by atoms with van der Waals surface area (Å²) in [6.07, 6.45) is 6.00. The summed E-state index contributed by atoms with van der Waals surface area (Å²) in [5.41, 5.74) is 6.65. The van der Waals surface area contributed by atoms with Crippen LogP contribution in [0.2, 0.25) is 0 Å². The van der Waals surface area contributed by atoms with E-state index in [2.05, 4.69) is 47.1 Å². The molecule has 0 bridgehead atoms. The van der Waals surface area contributed by atoms with Gasteiger partial charge < -0.3 is 10.5 Å². The van der Waals surface area contributed by atoms with Crippen molar-refractivity contribution in [3.8, 4) is 0 Å². The van der Waals surface area contributed by atoms with E-state index in [9.17, 15) is 4.79 Å². The molecule has 0 saturated carbocycles. The number of hydrogen-bond donors (Lipinski definition) is 2. The monoisotopic (exact) mass is 416 g/mol. The number of carbonyl (C=O) groups excluding carboxylic acids is 1. The zero-order chi connectivity index (χ0) is 15.7. The minimum atomic E-state index is -0.470. The van der Waals surface area contributed by atoms with Gasteiger partial charge in [-0.05, 0) is 50.9 Å². The fraction of sp³-hybridized carbons (Fsp3) is 0.154. The van der Waals surface area contributed by atoms with Crippen LogP contribution in [0.25, 0.3) is 0 Å². The third-order valence-corrected chi connectivity index (χ3v) is 2.82. The molecule has 0 aromatic carbocycles. The molecule has 0 saturated heterocycles. The van der Waals surface area contributed by atoms with Gasteiger partial charge in [-0.1, -0.05) is 0 Å². The van der Waals surface area contributed by atoms with E-state index in [0.717, 1.165) is 8.95 Å². The minimum Gasteiger partial charge on any atom is -0.450 e. The van der Waals surface area contributed by atoms with Gasteiger partial charge in [-0.15, -0.1) is 0 Å². The molecular weight excluding hydrogens is 404 g/mol. The second-order valence-electron chi connectivity index (χ2n) is 3.67. The van der Waals surface area contributed by atoms with E-state index in [1.165, 1.54) is 0 Å². The van der Waals surface area contributed by atoms with E-state index >= 15 is 0 Å². The first-order chi connectivity index (χ1) is 10.0. The maximum absolute atomic E-state index is 10.9. The average Bonchev–Trinajstić information content (AvgIpc) is 2.39. The van der Waals surface area contributed by atoms with Crippen molar-refractivity contribution in [1.82, 2.24) is 9.97 Å². The normalized spacial score (nSPS) is 9.29. The smallest absolute Gasteiger partial charge is 0.411 e. The van der Waals surface area contributed by atoms with E-state index in [1.54, 1.807) is 43.8 Å². The van der Waals surface area contributed by atoms with Crippen LogP contribution in [0.1, 0.15) is 6.92 Å². The molecule has 1 amide bonds. The summed E-state index contributed by atoms with van der Waals surface area (Å²) in [5, 5.41) is 2.53. The molecule has 0 fully saturated rings. The van der Waals surface area contributed by atoms with Crippen molar-refractivity contribution in [2.24, 2.45) is 0 Å². The van der Waals surface area contributed by atoms with Gasteiger partial charge in [-0.3, -0.25) is 15.3 Å². The quantitative estimate of drug-likeness (QED) is 0.774. The molecule has 3 N–H and O–H groups in total. The molecule has 112 valence electrons. The number of halogens is 2. The first-order valence-electron chi connectivity index (χ1n) is 5.91. The van der Waals surface area contributed by atoms with Crippen LogP contribution in [0.5, 0.6) is 0 Å². The maximum atomic E-state index is 10.9. The Morgan fingerprint density at radius 2 is 1.81 bits per heavy atom. The molecule has 2 rings (SSSR count). The lowest BCUT2D eigenvalue weighted by atomic mass is 10.4. The highest BCUT2D eigenvalue weighted by Crippen LogP contribution is 2.13. The van der Waals surface area contributed by atoms with Crippen molar-refractivity contribution in [3.05, 3.63) is 45.9 Å². The van der Waals surface area contributed by atoms with Crippen molar-refractivity contribution >= 4 is 49.3 Å². The van der Waals surface area contributed by atoms with Gasteiger partial charge in [-0.25, -0.2) is 4.79 Å². The molecule has 2 heterocycles. The summed E-state index contributed by atoms with van der Waals surface area (Å²) >= 11 is 6.46. The first-order valence-corrected chi connectivity index (χ1v) is 7.50. The Morgan fingerprint density at radius 1 is 1.19 bits per heavy atom. The number of ether oxygens (including phenoxy) is 1. The molecular formula is C13H14Br2N4O2. The molecule has 0 aliphatic heterocycles. The molecule has 0 atom stereocenters. The molecule has 0 aliphatic carbocycles. The Bertz CT molecular complexity index is 579. The highest BCUT2D eigenvalue weighted by Gasteiger charge is 2.01. The second-order valence-corrected chi connectivity index (χ2v) is 5.51. The van der Waals surface area contributed by atoms with Gasteiger partial charge in [0.2, 0.25) is 0 Å². The molecule has 8 heteroatoms. The number of nitrogens with two attached hydrogens (primary N) is 1. The summed E-state index contributed by atoms with van der Waals surface area (Å²) in [5.74, 6) is 0. The van der Waals surface area contributed by atoms with Crippen molar-refractivity contribution in [2.75, 3.05) is 17.7 Å². The Labute approximate surface area is 139 Å². The molecule has 6 nitrogen and oxygen atoms in total. The molecule has 0 unspecified atom stereocenters. The van der Waals surface area contributed by atoms with Crippen LogP contribution < -0.4 is 11.1 Å². The molecule has 21 heavy (non-hydrogen) atoms. The number of hydrogen-bond acceptors (Lipinski definition) is 5. The highest BCUT2D eigenvalue weighted by atomic mass is 79.9. The van der Waals surface area contributed by atoms with Gasteiger partial charge in [0.05, 0.1) is 24.2 Å². The van der Waals surface area contributed by atoms with Crippen LogP contribution in [0.15, 0.2) is 45.9 Å². The number of aromatic nitrogens is 2. The summed E-state index contributed by atoms with van der Waals surface area (Å²) < 4.78 is 6.41. The summed E-state index contributed by atoms with van der Waals surface area (Å²) in [6, 6.07) is 3.54. The highest BCUT2D eigenvalue weighted by molar-refractivity contribution is 9.10. The van der Waals surface area contributed by atoms with E-state index < -0.39 is 6.09 Å². The Balaban J connectivity index is 0.000000235. The van der Waals surface area contributed by atoms with Gasteiger partial charge in [0.25, 0.3) is 0 Å². The Morgan fingerprint density at radius 3 is 2.29 bits per heavy atom. The van der Waals surface area contributed by atoms with Crippen LogP contribution in [0.3, 0.4) is 0 Å². The fourth-order valence-electron chi connectivity index (χ4n) is 1.19. The molecule has 0 radical (unpaired) electrons. The number of rotatable bonds is 2. The van der Waals surface area contributed by atoms with E-state index in [1.807, 2.05) is 0 Å². The van der Waals surface area contributed by atoms with Crippen LogP contribution in [-0.2, 0) is 4.74 Å². The Hall–Kier alpha value is -1.67. The summed E-state index contributed by atoms with van der Waals surface area (Å²) in [6.45, 7) is 2.10. The fourth-order valence-corrected chi connectivity index (χ4v) is 1.94. The van der Waals surface area contributed by atoms with E-state index in [-0.39, 0.29) is 0 Å². The van der Waals surface area contributed by atoms with Crippen molar-refractivity contribution in [1.29, 1.82) is 0 Å².